The molecular weight excluding hydrogens is 345 g/mol. The van der Waals surface area contributed by atoms with Gasteiger partial charge in [0.15, 0.2) is 5.13 Å². The normalized spacial score (nSPS) is 10.8. The Bertz CT molecular complexity index is 872. The molecule has 7 heteroatoms. The van der Waals surface area contributed by atoms with Crippen LogP contribution in [0.3, 0.4) is 0 Å². The zero-order chi connectivity index (χ0) is 17.1. The maximum Gasteiger partial charge on any atom is 0.232 e. The quantitative estimate of drug-likeness (QED) is 0.743. The molecule has 2 heterocycles. The lowest BCUT2D eigenvalue weighted by atomic mass is 10.1. The number of thiazole rings is 2. The lowest BCUT2D eigenvalue weighted by Gasteiger charge is -2.01. The number of aryl methyl sites for hydroxylation is 2. The molecule has 0 aliphatic carbocycles. The van der Waals surface area contributed by atoms with Crippen LogP contribution in [0.5, 0.6) is 0 Å². The summed E-state index contributed by atoms with van der Waals surface area (Å²) in [5, 5.41) is 6.16. The summed E-state index contributed by atoms with van der Waals surface area (Å²) in [5.74, 6) is -0.374. The number of anilines is 1. The van der Waals surface area contributed by atoms with E-state index in [1.807, 2.05) is 25.3 Å². The molecule has 0 aliphatic heterocycles. The van der Waals surface area contributed by atoms with Crippen molar-refractivity contribution in [3.63, 3.8) is 0 Å². The molecule has 3 aromatic rings. The van der Waals surface area contributed by atoms with Crippen molar-refractivity contribution in [1.29, 1.82) is 0 Å². The largest absolute Gasteiger partial charge is 0.302 e. The zero-order valence-electron chi connectivity index (χ0n) is 13.3. The molecule has 2 aromatic heterocycles. The van der Waals surface area contributed by atoms with E-state index in [0.29, 0.717) is 17.1 Å². The highest BCUT2D eigenvalue weighted by Gasteiger charge is 2.13. The molecule has 0 unspecified atom stereocenters. The maximum absolute atomic E-state index is 13.8. The first-order chi connectivity index (χ1) is 11.5. The Morgan fingerprint density at radius 1 is 1.25 bits per heavy atom. The van der Waals surface area contributed by atoms with Gasteiger partial charge in [0.2, 0.25) is 5.91 Å². The average molecular weight is 361 g/mol. The fourth-order valence-corrected chi connectivity index (χ4v) is 3.89. The van der Waals surface area contributed by atoms with E-state index in [1.165, 1.54) is 28.7 Å². The molecule has 1 aromatic carbocycles. The van der Waals surface area contributed by atoms with E-state index >= 15 is 0 Å². The molecule has 0 saturated heterocycles. The number of hydrogen-bond acceptors (Lipinski definition) is 5. The molecule has 0 radical (unpaired) electrons. The number of halogens is 1. The van der Waals surface area contributed by atoms with E-state index < -0.39 is 0 Å². The number of rotatable bonds is 5. The van der Waals surface area contributed by atoms with Gasteiger partial charge in [-0.1, -0.05) is 18.2 Å². The number of nitrogens with zero attached hydrogens (tertiary/aromatic N) is 2. The van der Waals surface area contributed by atoms with Gasteiger partial charge in [0.05, 0.1) is 22.8 Å². The highest BCUT2D eigenvalue weighted by molar-refractivity contribution is 7.15. The standard InChI is InChI=1S/C17H16FN3OS2/c1-10-15(7-12-5-3-4-6-14(12)18)24-17(19-10)21-16(22)8-13-9-23-11(2)20-13/h3-6,9H,7-8H2,1-2H3,(H,19,21,22). The number of carbonyl (C=O) groups excluding carboxylic acids is 1. The van der Waals surface area contributed by atoms with E-state index in [0.717, 1.165) is 21.3 Å². The van der Waals surface area contributed by atoms with Gasteiger partial charge in [-0.25, -0.2) is 14.4 Å². The van der Waals surface area contributed by atoms with Crippen molar-refractivity contribution in [3.05, 3.63) is 62.3 Å². The molecular formula is C17H16FN3OS2. The highest BCUT2D eigenvalue weighted by Crippen LogP contribution is 2.26. The molecule has 3 rings (SSSR count). The van der Waals surface area contributed by atoms with Crippen molar-refractivity contribution in [2.75, 3.05) is 5.32 Å². The fourth-order valence-electron chi connectivity index (χ4n) is 2.28. The number of amides is 1. The molecule has 24 heavy (non-hydrogen) atoms. The van der Waals surface area contributed by atoms with Crippen LogP contribution in [0.2, 0.25) is 0 Å². The number of benzene rings is 1. The van der Waals surface area contributed by atoms with Crippen LogP contribution in [-0.2, 0) is 17.6 Å². The van der Waals surface area contributed by atoms with Crippen LogP contribution in [0.15, 0.2) is 29.6 Å². The topological polar surface area (TPSA) is 54.9 Å². The lowest BCUT2D eigenvalue weighted by molar-refractivity contribution is -0.115. The summed E-state index contributed by atoms with van der Waals surface area (Å²) in [6.07, 6.45) is 0.697. The SMILES string of the molecule is Cc1nc(CC(=O)Nc2nc(C)c(Cc3ccccc3F)s2)cs1. The molecule has 0 fully saturated rings. The van der Waals surface area contributed by atoms with Gasteiger partial charge >= 0.3 is 0 Å². The van der Waals surface area contributed by atoms with Crippen molar-refractivity contribution in [3.8, 4) is 0 Å². The van der Waals surface area contributed by atoms with Crippen molar-refractivity contribution in [2.24, 2.45) is 0 Å². The third-order valence-corrected chi connectivity index (χ3v) is 5.35. The van der Waals surface area contributed by atoms with Gasteiger partial charge in [0.1, 0.15) is 5.82 Å². The van der Waals surface area contributed by atoms with E-state index in [4.69, 9.17) is 0 Å². The van der Waals surface area contributed by atoms with Crippen LogP contribution in [0.25, 0.3) is 0 Å². The number of aromatic nitrogens is 2. The predicted molar refractivity (Wildman–Crippen MR) is 95.2 cm³/mol. The van der Waals surface area contributed by atoms with Crippen LogP contribution >= 0.6 is 22.7 Å². The first kappa shape index (κ1) is 16.7. The molecule has 4 nitrogen and oxygen atoms in total. The van der Waals surface area contributed by atoms with Gasteiger partial charge < -0.3 is 5.32 Å². The Hall–Kier alpha value is -2.12. The van der Waals surface area contributed by atoms with Crippen LogP contribution in [0, 0.1) is 19.7 Å². The van der Waals surface area contributed by atoms with Gasteiger partial charge in [-0.2, -0.15) is 0 Å². The van der Waals surface area contributed by atoms with Crippen LogP contribution in [0.1, 0.15) is 26.8 Å². The summed E-state index contributed by atoms with van der Waals surface area (Å²) in [4.78, 5) is 21.7. The van der Waals surface area contributed by atoms with Gasteiger partial charge in [0, 0.05) is 16.7 Å². The van der Waals surface area contributed by atoms with Gasteiger partial charge in [-0.15, -0.1) is 22.7 Å². The van der Waals surface area contributed by atoms with Crippen molar-refractivity contribution in [2.45, 2.75) is 26.7 Å². The number of nitrogens with one attached hydrogen (secondary N) is 1. The summed E-state index contributed by atoms with van der Waals surface area (Å²) in [5.41, 5.74) is 2.19. The van der Waals surface area contributed by atoms with Crippen LogP contribution in [0.4, 0.5) is 9.52 Å². The van der Waals surface area contributed by atoms with E-state index in [9.17, 15) is 9.18 Å². The minimum atomic E-state index is -0.227. The third kappa shape index (κ3) is 4.04. The second kappa shape index (κ2) is 7.19. The fraction of sp³-hybridized carbons (Fsp3) is 0.235. The average Bonchev–Trinajstić information content (AvgIpc) is 3.07. The number of hydrogen-bond donors (Lipinski definition) is 1. The molecule has 0 atom stereocenters. The second-order valence-corrected chi connectivity index (χ2v) is 7.52. The maximum atomic E-state index is 13.8. The minimum absolute atomic E-state index is 0.147. The molecule has 0 spiro atoms. The van der Waals surface area contributed by atoms with Gasteiger partial charge in [-0.05, 0) is 25.5 Å². The van der Waals surface area contributed by atoms with E-state index in [-0.39, 0.29) is 18.1 Å². The van der Waals surface area contributed by atoms with Crippen LogP contribution < -0.4 is 5.32 Å². The molecule has 0 saturated carbocycles. The highest BCUT2D eigenvalue weighted by atomic mass is 32.1. The Morgan fingerprint density at radius 3 is 2.75 bits per heavy atom. The monoisotopic (exact) mass is 361 g/mol. The first-order valence-electron chi connectivity index (χ1n) is 7.42. The summed E-state index contributed by atoms with van der Waals surface area (Å²) in [7, 11) is 0. The number of carbonyl (C=O) groups is 1. The summed E-state index contributed by atoms with van der Waals surface area (Å²) in [6.45, 7) is 3.78. The second-order valence-electron chi connectivity index (χ2n) is 5.38. The third-order valence-electron chi connectivity index (χ3n) is 3.46. The first-order valence-corrected chi connectivity index (χ1v) is 9.11. The predicted octanol–water partition coefficient (Wildman–Crippen LogP) is 4.13. The zero-order valence-corrected chi connectivity index (χ0v) is 14.9. The minimum Gasteiger partial charge on any atom is -0.302 e. The summed E-state index contributed by atoms with van der Waals surface area (Å²) >= 11 is 2.90. The van der Waals surface area contributed by atoms with E-state index in [2.05, 4.69) is 15.3 Å². The van der Waals surface area contributed by atoms with E-state index in [1.54, 1.807) is 12.1 Å². The smallest absolute Gasteiger partial charge is 0.232 e. The summed E-state index contributed by atoms with van der Waals surface area (Å²) in [6, 6.07) is 6.69. The summed E-state index contributed by atoms with van der Waals surface area (Å²) < 4.78 is 13.8. The van der Waals surface area contributed by atoms with Gasteiger partial charge in [-0.3, -0.25) is 4.79 Å². The molecule has 0 aliphatic rings. The Balaban J connectivity index is 1.67. The molecule has 0 bridgehead atoms. The Morgan fingerprint density at radius 2 is 2.04 bits per heavy atom. The van der Waals surface area contributed by atoms with Crippen molar-refractivity contribution in [1.82, 2.24) is 9.97 Å². The molecule has 124 valence electrons. The van der Waals surface area contributed by atoms with Gasteiger partial charge in [0.25, 0.3) is 0 Å². The van der Waals surface area contributed by atoms with Crippen LogP contribution in [-0.4, -0.2) is 15.9 Å². The molecule has 1 amide bonds. The Kier molecular flexibility index (Phi) is 5.01. The Labute approximate surface area is 147 Å². The van der Waals surface area contributed by atoms with Crippen molar-refractivity contribution >= 4 is 33.7 Å². The van der Waals surface area contributed by atoms with Crippen molar-refractivity contribution < 1.29 is 9.18 Å². The lowest BCUT2D eigenvalue weighted by Crippen LogP contribution is -2.14. The molecule has 1 N–H and O–H groups in total.